The first-order chi connectivity index (χ1) is 11.5. The van der Waals surface area contributed by atoms with E-state index in [0.29, 0.717) is 22.3 Å². The Bertz CT molecular complexity index is 748. The highest BCUT2D eigenvalue weighted by Crippen LogP contribution is 2.25. The van der Waals surface area contributed by atoms with Crippen LogP contribution in [0, 0.1) is 0 Å². The summed E-state index contributed by atoms with van der Waals surface area (Å²) >= 11 is 11.9. The van der Waals surface area contributed by atoms with Gasteiger partial charge in [0.2, 0.25) is 0 Å². The molecule has 2 aromatic carbocycles. The smallest absolute Gasteiger partial charge is 0.261 e. The summed E-state index contributed by atoms with van der Waals surface area (Å²) in [7, 11) is 0. The number of carbonyl (C=O) groups excluding carboxylic acids is 1. The van der Waals surface area contributed by atoms with Crippen molar-refractivity contribution < 1.29 is 9.53 Å². The van der Waals surface area contributed by atoms with Gasteiger partial charge in [0.05, 0.1) is 0 Å². The molecule has 1 heterocycles. The third-order valence-electron chi connectivity index (χ3n) is 3.89. The Morgan fingerprint density at radius 2 is 1.84 bits per heavy atom. The molecule has 0 aliphatic carbocycles. The average molecular weight is 402 g/mol. The van der Waals surface area contributed by atoms with Gasteiger partial charge < -0.3 is 15.4 Å². The molecule has 3 rings (SSSR count). The van der Waals surface area contributed by atoms with Crippen molar-refractivity contribution in [2.75, 3.05) is 0 Å². The molecule has 0 fully saturated rings. The standard InChI is InChI=1S/C18H18Cl2N2O2.ClH/c1-11(24-17-6-15(19)5-16(20)7-17)18(23)22-8-12-2-3-13-9-21-10-14(13)4-12;/h2-7,11,21H,8-10H2,1H3,(H,22,23);1H. The first kappa shape index (κ1) is 19.9. The lowest BCUT2D eigenvalue weighted by atomic mass is 10.1. The summed E-state index contributed by atoms with van der Waals surface area (Å²) in [4.78, 5) is 12.2. The summed E-state index contributed by atoms with van der Waals surface area (Å²) in [5.41, 5.74) is 3.68. The molecule has 1 unspecified atom stereocenters. The highest BCUT2D eigenvalue weighted by atomic mass is 35.5. The van der Waals surface area contributed by atoms with Gasteiger partial charge in [0.25, 0.3) is 5.91 Å². The Morgan fingerprint density at radius 3 is 2.56 bits per heavy atom. The van der Waals surface area contributed by atoms with Crippen LogP contribution in [0.2, 0.25) is 10.0 Å². The summed E-state index contributed by atoms with van der Waals surface area (Å²) in [6, 6.07) is 11.1. The second-order valence-electron chi connectivity index (χ2n) is 5.79. The molecule has 25 heavy (non-hydrogen) atoms. The van der Waals surface area contributed by atoms with Crippen LogP contribution in [-0.2, 0) is 24.4 Å². The average Bonchev–Trinajstić information content (AvgIpc) is 2.99. The van der Waals surface area contributed by atoms with Crippen molar-refractivity contribution in [3.8, 4) is 5.75 Å². The van der Waals surface area contributed by atoms with Gasteiger partial charge in [-0.25, -0.2) is 0 Å². The van der Waals surface area contributed by atoms with Crippen LogP contribution >= 0.6 is 35.6 Å². The summed E-state index contributed by atoms with van der Waals surface area (Å²) in [5.74, 6) is 0.281. The predicted molar refractivity (Wildman–Crippen MR) is 103 cm³/mol. The zero-order valence-electron chi connectivity index (χ0n) is 13.6. The molecule has 4 nitrogen and oxygen atoms in total. The lowest BCUT2D eigenvalue weighted by Crippen LogP contribution is -2.35. The van der Waals surface area contributed by atoms with Gasteiger partial charge in [-0.3, -0.25) is 4.79 Å². The van der Waals surface area contributed by atoms with Gasteiger partial charge in [0.1, 0.15) is 5.75 Å². The molecule has 0 radical (unpaired) electrons. The van der Waals surface area contributed by atoms with E-state index in [2.05, 4.69) is 22.8 Å². The Labute approximate surface area is 163 Å². The molecular formula is C18H19Cl3N2O2. The maximum atomic E-state index is 12.2. The van der Waals surface area contributed by atoms with Crippen LogP contribution < -0.4 is 15.4 Å². The molecule has 1 atom stereocenters. The number of halogens is 3. The minimum absolute atomic E-state index is 0. The highest BCUT2D eigenvalue weighted by Gasteiger charge is 2.16. The first-order valence-electron chi connectivity index (χ1n) is 7.73. The first-order valence-corrected chi connectivity index (χ1v) is 8.49. The molecule has 0 spiro atoms. The normalized spacial score (nSPS) is 13.6. The monoisotopic (exact) mass is 400 g/mol. The predicted octanol–water partition coefficient (Wildman–Crippen LogP) is 4.10. The molecular weight excluding hydrogens is 383 g/mol. The fourth-order valence-electron chi connectivity index (χ4n) is 2.65. The minimum atomic E-state index is -0.643. The van der Waals surface area contributed by atoms with Crippen molar-refractivity contribution in [3.05, 3.63) is 63.1 Å². The molecule has 134 valence electrons. The molecule has 1 aliphatic rings. The van der Waals surface area contributed by atoms with Gasteiger partial charge in [-0.2, -0.15) is 0 Å². The fraction of sp³-hybridized carbons (Fsp3) is 0.278. The van der Waals surface area contributed by atoms with Crippen LogP contribution in [0.25, 0.3) is 0 Å². The van der Waals surface area contributed by atoms with Crippen molar-refractivity contribution in [1.82, 2.24) is 10.6 Å². The van der Waals surface area contributed by atoms with E-state index in [4.69, 9.17) is 27.9 Å². The third kappa shape index (κ3) is 5.25. The zero-order chi connectivity index (χ0) is 17.1. The van der Waals surface area contributed by atoms with Crippen molar-refractivity contribution in [1.29, 1.82) is 0 Å². The van der Waals surface area contributed by atoms with E-state index < -0.39 is 6.10 Å². The molecule has 1 amide bonds. The number of hydrogen-bond donors (Lipinski definition) is 2. The van der Waals surface area contributed by atoms with Gasteiger partial charge in [-0.15, -0.1) is 12.4 Å². The maximum absolute atomic E-state index is 12.2. The molecule has 7 heteroatoms. The maximum Gasteiger partial charge on any atom is 0.261 e. The van der Waals surface area contributed by atoms with Crippen LogP contribution in [0.3, 0.4) is 0 Å². The number of fused-ring (bicyclic) bond motifs is 1. The number of hydrogen-bond acceptors (Lipinski definition) is 3. The molecule has 0 aromatic heterocycles. The highest BCUT2D eigenvalue weighted by molar-refractivity contribution is 6.34. The molecule has 2 N–H and O–H groups in total. The second kappa shape index (κ2) is 8.77. The third-order valence-corrected chi connectivity index (χ3v) is 4.32. The Hall–Kier alpha value is -1.46. The molecule has 0 saturated heterocycles. The second-order valence-corrected chi connectivity index (χ2v) is 6.66. The van der Waals surface area contributed by atoms with Gasteiger partial charge in [0, 0.05) is 29.7 Å². The van der Waals surface area contributed by atoms with Crippen LogP contribution in [-0.4, -0.2) is 12.0 Å². The van der Waals surface area contributed by atoms with Crippen molar-refractivity contribution in [2.24, 2.45) is 0 Å². The number of rotatable bonds is 5. The van der Waals surface area contributed by atoms with E-state index in [-0.39, 0.29) is 18.3 Å². The van der Waals surface area contributed by atoms with Gasteiger partial charge in [0.15, 0.2) is 6.10 Å². The number of benzene rings is 2. The minimum Gasteiger partial charge on any atom is -0.481 e. The van der Waals surface area contributed by atoms with E-state index in [1.165, 1.54) is 11.1 Å². The number of carbonyl (C=O) groups is 1. The summed E-state index contributed by atoms with van der Waals surface area (Å²) in [5, 5.41) is 7.13. The quantitative estimate of drug-likeness (QED) is 0.793. The SMILES string of the molecule is CC(Oc1cc(Cl)cc(Cl)c1)C(=O)NCc1ccc2c(c1)CNC2.Cl. The Balaban J connectivity index is 0.00000225. The van der Waals surface area contributed by atoms with Crippen LogP contribution in [0.1, 0.15) is 23.6 Å². The summed E-state index contributed by atoms with van der Waals surface area (Å²) < 4.78 is 5.61. The van der Waals surface area contributed by atoms with Crippen molar-refractivity contribution in [3.63, 3.8) is 0 Å². The zero-order valence-corrected chi connectivity index (χ0v) is 16.0. The molecule has 2 aromatic rings. The van der Waals surface area contributed by atoms with Crippen LogP contribution in [0.4, 0.5) is 0 Å². The van der Waals surface area contributed by atoms with E-state index in [1.54, 1.807) is 25.1 Å². The fourth-order valence-corrected chi connectivity index (χ4v) is 3.15. The number of nitrogens with one attached hydrogen (secondary N) is 2. The van der Waals surface area contributed by atoms with Gasteiger partial charge in [-0.1, -0.05) is 41.4 Å². The van der Waals surface area contributed by atoms with Crippen molar-refractivity contribution >= 4 is 41.5 Å². The lowest BCUT2D eigenvalue weighted by molar-refractivity contribution is -0.127. The lowest BCUT2D eigenvalue weighted by Gasteiger charge is -2.15. The Kier molecular flexibility index (Phi) is 6.96. The van der Waals surface area contributed by atoms with Crippen LogP contribution in [0.5, 0.6) is 5.75 Å². The summed E-state index contributed by atoms with van der Waals surface area (Å²) in [6.45, 7) is 3.95. The van der Waals surface area contributed by atoms with E-state index in [1.807, 2.05) is 6.07 Å². The van der Waals surface area contributed by atoms with E-state index in [9.17, 15) is 4.79 Å². The van der Waals surface area contributed by atoms with E-state index >= 15 is 0 Å². The van der Waals surface area contributed by atoms with Crippen molar-refractivity contribution in [2.45, 2.75) is 32.7 Å². The summed E-state index contributed by atoms with van der Waals surface area (Å²) in [6.07, 6.45) is -0.643. The van der Waals surface area contributed by atoms with Gasteiger partial charge in [-0.05, 0) is 41.8 Å². The largest absolute Gasteiger partial charge is 0.481 e. The topological polar surface area (TPSA) is 50.4 Å². The Morgan fingerprint density at radius 1 is 1.16 bits per heavy atom. The number of ether oxygens (including phenoxy) is 1. The van der Waals surface area contributed by atoms with E-state index in [0.717, 1.165) is 18.7 Å². The van der Waals surface area contributed by atoms with Crippen LogP contribution in [0.15, 0.2) is 36.4 Å². The molecule has 0 bridgehead atoms. The van der Waals surface area contributed by atoms with Gasteiger partial charge >= 0.3 is 0 Å². The molecule has 1 aliphatic heterocycles. The molecule has 0 saturated carbocycles. The number of amides is 1.